The molecule has 158 valence electrons. The molecule has 3 rings (SSSR count). The van der Waals surface area contributed by atoms with E-state index in [0.29, 0.717) is 11.5 Å². The van der Waals surface area contributed by atoms with Crippen LogP contribution in [0.25, 0.3) is 11.5 Å². The number of hydrogen-bond acceptors (Lipinski definition) is 8. The quantitative estimate of drug-likeness (QED) is 0.618. The molecule has 0 spiro atoms. The second-order valence-corrected chi connectivity index (χ2v) is 6.75. The van der Waals surface area contributed by atoms with E-state index in [9.17, 15) is 18.0 Å². The van der Waals surface area contributed by atoms with E-state index in [0.717, 1.165) is 23.8 Å². The predicted molar refractivity (Wildman–Crippen MR) is 106 cm³/mol. The highest BCUT2D eigenvalue weighted by molar-refractivity contribution is 7.09. The Morgan fingerprint density at radius 3 is 2.77 bits per heavy atom. The van der Waals surface area contributed by atoms with Gasteiger partial charge in [0.1, 0.15) is 17.0 Å². The molecular formula is C18H17F3N6O2S. The van der Waals surface area contributed by atoms with Gasteiger partial charge < -0.3 is 15.0 Å². The molecule has 0 atom stereocenters. The van der Waals surface area contributed by atoms with Crippen LogP contribution in [-0.4, -0.2) is 38.9 Å². The van der Waals surface area contributed by atoms with Crippen molar-refractivity contribution >= 4 is 34.1 Å². The highest BCUT2D eigenvalue weighted by Gasteiger charge is 2.35. The average molecular weight is 438 g/mol. The van der Waals surface area contributed by atoms with Crippen LogP contribution in [0.2, 0.25) is 0 Å². The van der Waals surface area contributed by atoms with Gasteiger partial charge in [0.2, 0.25) is 11.0 Å². The molecule has 0 aliphatic heterocycles. The van der Waals surface area contributed by atoms with Crippen molar-refractivity contribution in [2.75, 3.05) is 23.9 Å². The Kier molecular flexibility index (Phi) is 6.15. The van der Waals surface area contributed by atoms with Gasteiger partial charge in [0.25, 0.3) is 0 Å². The number of amides is 1. The van der Waals surface area contributed by atoms with Crippen molar-refractivity contribution in [3.05, 3.63) is 36.2 Å². The van der Waals surface area contributed by atoms with Gasteiger partial charge in [-0.25, -0.2) is 9.97 Å². The molecule has 3 aromatic rings. The number of nitrogens with zero attached hydrogens (tertiary/aromatic N) is 5. The van der Waals surface area contributed by atoms with Crippen LogP contribution in [0.3, 0.4) is 0 Å². The van der Waals surface area contributed by atoms with E-state index in [1.54, 1.807) is 26.1 Å². The molecule has 0 aliphatic rings. The molecule has 0 aromatic carbocycles. The summed E-state index contributed by atoms with van der Waals surface area (Å²) < 4.78 is 49.1. The number of ether oxygens (including phenoxy) is 1. The van der Waals surface area contributed by atoms with Crippen molar-refractivity contribution in [2.45, 2.75) is 20.0 Å². The second-order valence-electron chi connectivity index (χ2n) is 5.99. The first-order valence-corrected chi connectivity index (χ1v) is 9.48. The molecule has 30 heavy (non-hydrogen) atoms. The third-order valence-corrected chi connectivity index (χ3v) is 4.60. The highest BCUT2D eigenvalue weighted by atomic mass is 32.1. The first-order valence-electron chi connectivity index (χ1n) is 8.71. The fraction of sp³-hybridized carbons (Fsp3) is 0.278. The first-order chi connectivity index (χ1) is 14.2. The lowest BCUT2D eigenvalue weighted by atomic mass is 10.2. The van der Waals surface area contributed by atoms with E-state index in [-0.39, 0.29) is 34.9 Å². The average Bonchev–Trinajstić information content (AvgIpc) is 3.16. The van der Waals surface area contributed by atoms with Crippen molar-refractivity contribution < 1.29 is 22.7 Å². The Hall–Kier alpha value is -3.28. The molecule has 1 amide bonds. The number of aromatic nitrogens is 4. The van der Waals surface area contributed by atoms with E-state index < -0.39 is 11.7 Å². The van der Waals surface area contributed by atoms with Crippen LogP contribution >= 0.6 is 11.5 Å². The number of halogens is 3. The number of rotatable bonds is 6. The SMILES string of the molecule is CCOc1cnc(-c2nsc(Nc3ncccc3N(C)C(C)=O)n2)cc1C(F)(F)F. The smallest absolute Gasteiger partial charge is 0.420 e. The van der Waals surface area contributed by atoms with Gasteiger partial charge in [-0.15, -0.1) is 0 Å². The maximum absolute atomic E-state index is 13.3. The summed E-state index contributed by atoms with van der Waals surface area (Å²) in [6, 6.07) is 4.23. The zero-order chi connectivity index (χ0) is 21.9. The van der Waals surface area contributed by atoms with Crippen LogP contribution in [0.15, 0.2) is 30.6 Å². The van der Waals surface area contributed by atoms with Gasteiger partial charge in [-0.1, -0.05) is 0 Å². The summed E-state index contributed by atoms with van der Waals surface area (Å²) in [5, 5.41) is 3.22. The number of pyridine rings is 2. The first kappa shape index (κ1) is 21.4. The van der Waals surface area contributed by atoms with Crippen molar-refractivity contribution in [1.82, 2.24) is 19.3 Å². The summed E-state index contributed by atoms with van der Waals surface area (Å²) in [7, 11) is 1.60. The van der Waals surface area contributed by atoms with Crippen molar-refractivity contribution in [1.29, 1.82) is 0 Å². The molecule has 3 heterocycles. The van der Waals surface area contributed by atoms with Crippen LogP contribution in [-0.2, 0) is 11.0 Å². The maximum Gasteiger partial charge on any atom is 0.420 e. The number of nitrogens with one attached hydrogen (secondary N) is 1. The molecule has 0 aliphatic carbocycles. The Morgan fingerprint density at radius 2 is 2.10 bits per heavy atom. The lowest BCUT2D eigenvalue weighted by molar-refractivity contribution is -0.139. The molecular weight excluding hydrogens is 421 g/mol. The van der Waals surface area contributed by atoms with Gasteiger partial charge in [-0.2, -0.15) is 22.5 Å². The summed E-state index contributed by atoms with van der Waals surface area (Å²) in [4.78, 5) is 25.4. The largest absolute Gasteiger partial charge is 0.492 e. The molecule has 0 bridgehead atoms. The summed E-state index contributed by atoms with van der Waals surface area (Å²) in [6.45, 7) is 3.08. The van der Waals surface area contributed by atoms with E-state index in [2.05, 4.69) is 24.6 Å². The molecule has 0 saturated heterocycles. The van der Waals surface area contributed by atoms with Gasteiger partial charge in [-0.3, -0.25) is 4.79 Å². The minimum atomic E-state index is -4.61. The Morgan fingerprint density at radius 1 is 1.33 bits per heavy atom. The van der Waals surface area contributed by atoms with E-state index in [1.165, 1.54) is 18.0 Å². The van der Waals surface area contributed by atoms with E-state index in [1.807, 2.05) is 0 Å². The third-order valence-electron chi connectivity index (χ3n) is 3.97. The standard InChI is InChI=1S/C18H17F3N6O2S/c1-4-29-14-9-23-12(8-11(14)18(19,20)21)15-24-17(30-26-15)25-16-13(6-5-7-22-16)27(3)10(2)28/h5-9H,4H2,1-3H3,(H,22,24,25,26). The van der Waals surface area contributed by atoms with Gasteiger partial charge >= 0.3 is 6.18 Å². The molecule has 12 heteroatoms. The number of alkyl halides is 3. The normalized spacial score (nSPS) is 11.3. The van der Waals surface area contributed by atoms with Crippen LogP contribution in [0.1, 0.15) is 19.4 Å². The van der Waals surface area contributed by atoms with Crippen molar-refractivity contribution in [3.63, 3.8) is 0 Å². The lowest BCUT2D eigenvalue weighted by Gasteiger charge is -2.17. The number of anilines is 3. The highest BCUT2D eigenvalue weighted by Crippen LogP contribution is 2.38. The van der Waals surface area contributed by atoms with Gasteiger partial charge in [0, 0.05) is 31.7 Å². The fourth-order valence-electron chi connectivity index (χ4n) is 2.47. The van der Waals surface area contributed by atoms with Gasteiger partial charge in [0.05, 0.1) is 18.5 Å². The van der Waals surface area contributed by atoms with E-state index >= 15 is 0 Å². The minimum absolute atomic E-state index is 0.0217. The summed E-state index contributed by atoms with van der Waals surface area (Å²) in [5.41, 5.74) is -0.480. The van der Waals surface area contributed by atoms with Crippen LogP contribution < -0.4 is 15.0 Å². The third kappa shape index (κ3) is 4.64. The monoisotopic (exact) mass is 438 g/mol. The van der Waals surface area contributed by atoms with Gasteiger partial charge in [0.15, 0.2) is 11.6 Å². The van der Waals surface area contributed by atoms with Crippen LogP contribution in [0.4, 0.5) is 29.8 Å². The Labute approximate surface area is 173 Å². The molecule has 0 radical (unpaired) electrons. The zero-order valence-electron chi connectivity index (χ0n) is 16.2. The Balaban J connectivity index is 1.90. The number of carbonyl (C=O) groups excluding carboxylic acids is 1. The molecule has 0 unspecified atom stereocenters. The van der Waals surface area contributed by atoms with Gasteiger partial charge in [-0.05, 0) is 25.1 Å². The number of carbonyl (C=O) groups is 1. The summed E-state index contributed by atoms with van der Waals surface area (Å²) >= 11 is 0.928. The predicted octanol–water partition coefficient (Wildman–Crippen LogP) is 4.14. The summed E-state index contributed by atoms with van der Waals surface area (Å²) in [5.74, 6) is -0.169. The number of hydrogen-bond donors (Lipinski definition) is 1. The minimum Gasteiger partial charge on any atom is -0.492 e. The zero-order valence-corrected chi connectivity index (χ0v) is 17.0. The topological polar surface area (TPSA) is 93.1 Å². The molecule has 1 N–H and O–H groups in total. The molecule has 3 aromatic heterocycles. The van der Waals surface area contributed by atoms with Crippen LogP contribution in [0, 0.1) is 0 Å². The molecule has 0 fully saturated rings. The summed E-state index contributed by atoms with van der Waals surface area (Å²) in [6.07, 6.45) is -2.07. The van der Waals surface area contributed by atoms with E-state index in [4.69, 9.17) is 4.74 Å². The second kappa shape index (κ2) is 8.61. The maximum atomic E-state index is 13.3. The molecule has 8 nitrogen and oxygen atoms in total. The van der Waals surface area contributed by atoms with Crippen molar-refractivity contribution in [3.8, 4) is 17.3 Å². The lowest BCUT2D eigenvalue weighted by Crippen LogP contribution is -2.23. The molecule has 0 saturated carbocycles. The van der Waals surface area contributed by atoms with Crippen LogP contribution in [0.5, 0.6) is 5.75 Å². The van der Waals surface area contributed by atoms with Crippen molar-refractivity contribution in [2.24, 2.45) is 0 Å². The Bertz CT molecular complexity index is 1060. The fourth-order valence-corrected chi connectivity index (χ4v) is 3.05.